The normalized spacial score (nSPS) is 12.3. The number of hydrogen-bond donors (Lipinski definition) is 0. The smallest absolute Gasteiger partial charge is 0.306 e. The van der Waals surface area contributed by atoms with Crippen molar-refractivity contribution in [3.05, 3.63) is 48.6 Å². The minimum atomic E-state index is -0.784. The molecule has 450 valence electrons. The number of allylic oxidation sites excluding steroid dienone is 8. The van der Waals surface area contributed by atoms with Gasteiger partial charge >= 0.3 is 17.9 Å². The second-order valence-corrected chi connectivity index (χ2v) is 23.1. The van der Waals surface area contributed by atoms with E-state index in [4.69, 9.17) is 14.2 Å². The van der Waals surface area contributed by atoms with Gasteiger partial charge in [-0.15, -0.1) is 0 Å². The van der Waals surface area contributed by atoms with Gasteiger partial charge in [-0.2, -0.15) is 0 Å². The van der Waals surface area contributed by atoms with Gasteiger partial charge < -0.3 is 14.2 Å². The maximum Gasteiger partial charge on any atom is 0.306 e. The van der Waals surface area contributed by atoms with Gasteiger partial charge in [0.1, 0.15) is 13.2 Å². The second-order valence-electron chi connectivity index (χ2n) is 23.1. The molecule has 6 heteroatoms. The van der Waals surface area contributed by atoms with Crippen molar-refractivity contribution in [3.63, 3.8) is 0 Å². The van der Waals surface area contributed by atoms with Crippen LogP contribution in [0.5, 0.6) is 0 Å². The molecule has 6 nitrogen and oxygen atoms in total. The third kappa shape index (κ3) is 64.1. The molecule has 0 heterocycles. The predicted octanol–water partition coefficient (Wildman–Crippen LogP) is 23.3. The number of rotatable bonds is 63. The van der Waals surface area contributed by atoms with Crippen LogP contribution in [0.2, 0.25) is 0 Å². The van der Waals surface area contributed by atoms with Gasteiger partial charge in [0.05, 0.1) is 0 Å². The van der Waals surface area contributed by atoms with E-state index in [1.165, 1.54) is 225 Å². The average molecular weight is 1080 g/mol. The Balaban J connectivity index is 4.12. The number of carbonyl (C=O) groups is 3. The van der Waals surface area contributed by atoms with Crippen molar-refractivity contribution in [2.45, 2.75) is 374 Å². The van der Waals surface area contributed by atoms with Crippen molar-refractivity contribution in [2.24, 2.45) is 0 Å². The van der Waals surface area contributed by atoms with Gasteiger partial charge in [-0.05, 0) is 77.0 Å². The van der Waals surface area contributed by atoms with Crippen molar-refractivity contribution in [3.8, 4) is 0 Å². The van der Waals surface area contributed by atoms with Gasteiger partial charge in [0.25, 0.3) is 0 Å². The van der Waals surface area contributed by atoms with E-state index in [2.05, 4.69) is 69.4 Å². The molecule has 1 unspecified atom stereocenters. The fourth-order valence-corrected chi connectivity index (χ4v) is 10.2. The summed E-state index contributed by atoms with van der Waals surface area (Å²) in [6, 6.07) is 0. The Morgan fingerprint density at radius 2 is 0.506 bits per heavy atom. The summed E-state index contributed by atoms with van der Waals surface area (Å²) < 4.78 is 16.9. The molecule has 0 radical (unpaired) electrons. The quantitative estimate of drug-likeness (QED) is 0.0261. The molecule has 0 saturated carbocycles. The Kier molecular flexibility index (Phi) is 63.6. The first kappa shape index (κ1) is 74.4. The molecule has 0 fully saturated rings. The van der Waals surface area contributed by atoms with Gasteiger partial charge in [-0.1, -0.05) is 320 Å². The van der Waals surface area contributed by atoms with E-state index in [1.54, 1.807) is 0 Å². The Morgan fingerprint density at radius 3 is 0.818 bits per heavy atom. The highest BCUT2D eigenvalue weighted by Crippen LogP contribution is 2.18. The summed E-state index contributed by atoms with van der Waals surface area (Å²) in [6.07, 6.45) is 83.0. The van der Waals surface area contributed by atoms with E-state index in [1.807, 2.05) is 0 Å². The summed E-state index contributed by atoms with van der Waals surface area (Å²) in [5.74, 6) is -0.886. The van der Waals surface area contributed by atoms with E-state index in [9.17, 15) is 14.4 Å². The van der Waals surface area contributed by atoms with Crippen LogP contribution in [-0.2, 0) is 28.6 Å². The highest BCUT2D eigenvalue weighted by molar-refractivity contribution is 5.71. The molecule has 1 atom stereocenters. The van der Waals surface area contributed by atoms with E-state index in [0.717, 1.165) is 103 Å². The molecule has 0 aromatic heterocycles. The maximum atomic E-state index is 12.9. The molecule has 0 aromatic carbocycles. The minimum Gasteiger partial charge on any atom is -0.462 e. The zero-order valence-electron chi connectivity index (χ0n) is 51.7. The van der Waals surface area contributed by atoms with Gasteiger partial charge in [0.2, 0.25) is 0 Å². The number of ether oxygens (including phenoxy) is 3. The SMILES string of the molecule is CC/C=C\C/C=C\C/C=C\CCCCCCCC(=O)OC(COC(=O)CCCCCCC/C=C\CCCCCC)COC(=O)CCCCCCCCCCCCCCCCCCCCCCCCCCCCCCCCC. The molecule has 0 N–H and O–H groups in total. The highest BCUT2D eigenvalue weighted by atomic mass is 16.6. The molecule has 0 rings (SSSR count). The third-order valence-electron chi connectivity index (χ3n) is 15.3. The first-order chi connectivity index (χ1) is 38.0. The zero-order valence-corrected chi connectivity index (χ0v) is 51.7. The minimum absolute atomic E-state index is 0.0795. The molecule has 0 saturated heterocycles. The highest BCUT2D eigenvalue weighted by Gasteiger charge is 2.19. The molecule has 0 aliphatic carbocycles. The number of hydrogen-bond acceptors (Lipinski definition) is 6. The molecule has 77 heavy (non-hydrogen) atoms. The van der Waals surface area contributed by atoms with E-state index >= 15 is 0 Å². The van der Waals surface area contributed by atoms with Crippen LogP contribution in [0.3, 0.4) is 0 Å². The van der Waals surface area contributed by atoms with Crippen molar-refractivity contribution in [1.82, 2.24) is 0 Å². The van der Waals surface area contributed by atoms with Crippen LogP contribution in [0.1, 0.15) is 367 Å². The maximum absolute atomic E-state index is 12.9. The van der Waals surface area contributed by atoms with E-state index in [0.29, 0.717) is 19.3 Å². The van der Waals surface area contributed by atoms with Crippen molar-refractivity contribution >= 4 is 17.9 Å². The lowest BCUT2D eigenvalue weighted by molar-refractivity contribution is -0.167. The standard InChI is InChI=1S/C71H130O6/c1-4-7-10-13-16-19-22-25-27-28-29-30-31-32-33-34-35-36-37-38-39-40-41-42-44-46-49-52-55-58-61-64-70(73)76-67-68(66-75-69(72)63-60-57-54-51-48-45-24-21-18-15-12-9-6-3)77-71(74)65-62-59-56-53-50-47-43-26-23-20-17-14-11-8-5-2/h8,11,17,20-21,24,26,43,68H,4-7,9-10,12-16,18-19,22-23,25,27-42,44-67H2,1-3H3/b11-8-,20-17-,24-21-,43-26-. The predicted molar refractivity (Wildman–Crippen MR) is 335 cm³/mol. The molecule has 0 amide bonds. The van der Waals surface area contributed by atoms with Gasteiger partial charge in [0, 0.05) is 19.3 Å². The van der Waals surface area contributed by atoms with Crippen LogP contribution in [-0.4, -0.2) is 37.2 Å². The number of esters is 3. The molecule has 0 aliphatic rings. The fraction of sp³-hybridized carbons (Fsp3) is 0.845. The summed E-state index contributed by atoms with van der Waals surface area (Å²) in [6.45, 7) is 6.55. The lowest BCUT2D eigenvalue weighted by Gasteiger charge is -2.18. The van der Waals surface area contributed by atoms with Crippen LogP contribution in [0.4, 0.5) is 0 Å². The summed E-state index contributed by atoms with van der Waals surface area (Å²) >= 11 is 0. The first-order valence-corrected chi connectivity index (χ1v) is 34.1. The van der Waals surface area contributed by atoms with E-state index < -0.39 is 6.10 Å². The molecular formula is C71H130O6. The Bertz CT molecular complexity index is 1330. The third-order valence-corrected chi connectivity index (χ3v) is 15.3. The average Bonchev–Trinajstić information content (AvgIpc) is 3.43. The monoisotopic (exact) mass is 1080 g/mol. The molecular weight excluding hydrogens is 949 g/mol. The number of carbonyl (C=O) groups excluding carboxylic acids is 3. The first-order valence-electron chi connectivity index (χ1n) is 34.1. The molecule has 0 bridgehead atoms. The van der Waals surface area contributed by atoms with Crippen molar-refractivity contribution in [2.75, 3.05) is 13.2 Å². The molecule has 0 aliphatic heterocycles. The topological polar surface area (TPSA) is 78.9 Å². The fourth-order valence-electron chi connectivity index (χ4n) is 10.2. The van der Waals surface area contributed by atoms with Crippen LogP contribution >= 0.6 is 0 Å². The lowest BCUT2D eigenvalue weighted by Crippen LogP contribution is -2.30. The summed E-state index contributed by atoms with van der Waals surface area (Å²) in [7, 11) is 0. The van der Waals surface area contributed by atoms with E-state index in [-0.39, 0.29) is 31.1 Å². The largest absolute Gasteiger partial charge is 0.462 e. The summed E-state index contributed by atoms with van der Waals surface area (Å²) in [4.78, 5) is 38.3. The van der Waals surface area contributed by atoms with Crippen molar-refractivity contribution < 1.29 is 28.6 Å². The van der Waals surface area contributed by atoms with Crippen LogP contribution in [0.25, 0.3) is 0 Å². The van der Waals surface area contributed by atoms with Crippen molar-refractivity contribution in [1.29, 1.82) is 0 Å². The Morgan fingerprint density at radius 1 is 0.273 bits per heavy atom. The molecule has 0 aromatic rings. The number of unbranched alkanes of at least 4 members (excludes halogenated alkanes) is 44. The summed E-state index contributed by atoms with van der Waals surface area (Å²) in [5.41, 5.74) is 0. The van der Waals surface area contributed by atoms with Gasteiger partial charge in [-0.3, -0.25) is 14.4 Å². The zero-order chi connectivity index (χ0) is 55.7. The van der Waals surface area contributed by atoms with Gasteiger partial charge in [0.15, 0.2) is 6.10 Å². The van der Waals surface area contributed by atoms with Crippen LogP contribution in [0.15, 0.2) is 48.6 Å². The van der Waals surface area contributed by atoms with Crippen LogP contribution in [0, 0.1) is 0 Å². The Hall–Kier alpha value is -2.63. The Labute approximate surface area is 479 Å². The summed E-state index contributed by atoms with van der Waals surface area (Å²) in [5, 5.41) is 0. The lowest BCUT2D eigenvalue weighted by atomic mass is 10.0. The molecule has 0 spiro atoms. The second kappa shape index (κ2) is 65.9. The van der Waals surface area contributed by atoms with Crippen LogP contribution < -0.4 is 0 Å². The van der Waals surface area contributed by atoms with Gasteiger partial charge in [-0.25, -0.2) is 0 Å².